The van der Waals surface area contributed by atoms with Crippen molar-refractivity contribution in [2.24, 2.45) is 52.8 Å². The number of nitrogens with one attached hydrogen (secondary N) is 1. The lowest BCUT2D eigenvalue weighted by Crippen LogP contribution is -2.59. The molecule has 4 rings (SSSR count). The number of fused-ring (bicyclic) bond motifs is 5. The van der Waals surface area contributed by atoms with Crippen molar-refractivity contribution in [1.82, 2.24) is 5.32 Å². The van der Waals surface area contributed by atoms with Gasteiger partial charge >= 0.3 is 0 Å². The van der Waals surface area contributed by atoms with Crippen LogP contribution in [0.5, 0.6) is 0 Å². The summed E-state index contributed by atoms with van der Waals surface area (Å²) in [6.07, 6.45) is 4.72. The lowest BCUT2D eigenvalue weighted by Gasteiger charge is -2.60. The van der Waals surface area contributed by atoms with E-state index >= 15 is 0 Å². The van der Waals surface area contributed by atoms with Gasteiger partial charge in [-0.3, -0.25) is 9.35 Å². The highest BCUT2D eigenvalue weighted by molar-refractivity contribution is 7.85. The van der Waals surface area contributed by atoms with Gasteiger partial charge in [-0.05, 0) is 97.7 Å². The van der Waals surface area contributed by atoms with Gasteiger partial charge in [-0.15, -0.1) is 0 Å². The molecule has 35 heavy (non-hydrogen) atoms. The van der Waals surface area contributed by atoms with Crippen LogP contribution in [0, 0.1) is 52.8 Å². The number of carbonyl (C=O) groups is 1. The topological polar surface area (TPSA) is 144 Å². The van der Waals surface area contributed by atoms with Gasteiger partial charge in [-0.2, -0.15) is 8.42 Å². The molecule has 4 aliphatic carbocycles. The molecule has 0 radical (unpaired) electrons. The lowest BCUT2D eigenvalue weighted by molar-refractivity contribution is -0.184. The molecular weight excluding hydrogens is 470 g/mol. The Hall–Kier alpha value is -0.740. The first kappa shape index (κ1) is 27.3. The third kappa shape index (κ3) is 5.31. The number of carbonyl (C=O) groups excluding carboxylic acids is 1. The van der Waals surface area contributed by atoms with E-state index in [1.54, 1.807) is 0 Å². The molecule has 1 amide bonds. The highest BCUT2D eigenvalue weighted by atomic mass is 32.2. The maximum Gasteiger partial charge on any atom is 0.266 e. The van der Waals surface area contributed by atoms with Crippen molar-refractivity contribution in [2.75, 3.05) is 12.3 Å². The summed E-state index contributed by atoms with van der Waals surface area (Å²) in [4.78, 5) is 12.2. The Morgan fingerprint density at radius 1 is 1.06 bits per heavy atom. The molecule has 4 aliphatic rings. The molecule has 0 bridgehead atoms. The molecule has 9 heteroatoms. The number of hydrogen-bond acceptors (Lipinski definition) is 6. The van der Waals surface area contributed by atoms with Crippen LogP contribution in [0.15, 0.2) is 0 Å². The summed E-state index contributed by atoms with van der Waals surface area (Å²) in [7, 11) is -4.08. The van der Waals surface area contributed by atoms with E-state index < -0.39 is 34.2 Å². The molecule has 0 aliphatic heterocycles. The summed E-state index contributed by atoms with van der Waals surface area (Å²) < 4.78 is 30.5. The van der Waals surface area contributed by atoms with Crippen LogP contribution in [-0.2, 0) is 14.9 Å². The minimum atomic E-state index is -4.08. The highest BCUT2D eigenvalue weighted by Crippen LogP contribution is 2.66. The normalized spacial score (nSPS) is 46.3. The highest BCUT2D eigenvalue weighted by Gasteiger charge is 2.61. The van der Waals surface area contributed by atoms with Crippen molar-refractivity contribution in [3.05, 3.63) is 0 Å². The smallest absolute Gasteiger partial charge is 0.266 e. The first-order chi connectivity index (χ1) is 16.3. The molecule has 5 N–H and O–H groups in total. The van der Waals surface area contributed by atoms with E-state index in [1.807, 2.05) is 0 Å². The molecule has 0 aromatic carbocycles. The van der Waals surface area contributed by atoms with Crippen LogP contribution in [0.4, 0.5) is 0 Å². The maximum atomic E-state index is 12.2. The largest absolute Gasteiger partial charge is 0.393 e. The average Bonchev–Trinajstić information content (AvgIpc) is 3.11. The Labute approximate surface area is 210 Å². The number of aliphatic hydroxyl groups excluding tert-OH is 3. The van der Waals surface area contributed by atoms with Gasteiger partial charge in [0.25, 0.3) is 10.1 Å². The molecule has 2 unspecified atom stereocenters. The van der Waals surface area contributed by atoms with Gasteiger partial charge in [0.15, 0.2) is 0 Å². The molecule has 0 aromatic heterocycles. The maximum absolute atomic E-state index is 12.2. The Morgan fingerprint density at radius 3 is 2.46 bits per heavy atom. The van der Waals surface area contributed by atoms with Crippen LogP contribution in [0.25, 0.3) is 0 Å². The third-order valence-electron chi connectivity index (χ3n) is 10.7. The fourth-order valence-electron chi connectivity index (χ4n) is 9.25. The molecule has 0 heterocycles. The van der Waals surface area contributed by atoms with Crippen molar-refractivity contribution < 1.29 is 33.1 Å². The van der Waals surface area contributed by atoms with Crippen molar-refractivity contribution >= 4 is 16.0 Å². The van der Waals surface area contributed by atoms with Crippen LogP contribution in [0.3, 0.4) is 0 Å². The summed E-state index contributed by atoms with van der Waals surface area (Å²) >= 11 is 0. The molecule has 0 spiro atoms. The molecule has 202 valence electrons. The minimum Gasteiger partial charge on any atom is -0.393 e. The number of amides is 1. The number of rotatable bonds is 7. The van der Waals surface area contributed by atoms with Gasteiger partial charge in [0.05, 0.1) is 24.1 Å². The van der Waals surface area contributed by atoms with Crippen molar-refractivity contribution in [3.63, 3.8) is 0 Å². The van der Waals surface area contributed by atoms with Gasteiger partial charge in [0.1, 0.15) is 0 Å². The molecule has 0 aromatic rings. The predicted molar refractivity (Wildman–Crippen MR) is 132 cm³/mol. The summed E-state index contributed by atoms with van der Waals surface area (Å²) in [5.74, 6) is 1.89. The third-order valence-corrected chi connectivity index (χ3v) is 11.4. The standard InChI is InChI=1S/C26H45NO7S/c1-14(4-7-22(30)27-10-11-35(32,33)34)18-5-6-19-24-16(8-9-26(18,19)3)23-15(2)12-21(29)25(31)17(23)13-20(24)28/h14-21,23-25,28-29,31H,4-13H2,1-3H3,(H,27,30)(H,32,33,34)/t14-,15-,16-,17?,18-,19+,20+,21-,23?,24-,25-,26-/m1/s1. The Bertz CT molecular complexity index is 881. The lowest BCUT2D eigenvalue weighted by atomic mass is 9.46. The summed E-state index contributed by atoms with van der Waals surface area (Å²) in [5, 5.41) is 35.0. The average molecular weight is 516 g/mol. The van der Waals surface area contributed by atoms with E-state index in [0.717, 1.165) is 32.1 Å². The molecule has 0 saturated heterocycles. The van der Waals surface area contributed by atoms with Crippen LogP contribution >= 0.6 is 0 Å². The van der Waals surface area contributed by atoms with Crippen molar-refractivity contribution in [1.29, 1.82) is 0 Å². The van der Waals surface area contributed by atoms with Gasteiger partial charge < -0.3 is 20.6 Å². The van der Waals surface area contributed by atoms with Gasteiger partial charge in [-0.25, -0.2) is 0 Å². The number of aliphatic hydroxyl groups is 3. The quantitative estimate of drug-likeness (QED) is 0.327. The molecule has 12 atom stereocenters. The van der Waals surface area contributed by atoms with E-state index in [4.69, 9.17) is 4.55 Å². The van der Waals surface area contributed by atoms with Crippen molar-refractivity contribution in [2.45, 2.75) is 90.4 Å². The fourth-order valence-corrected chi connectivity index (χ4v) is 9.61. The van der Waals surface area contributed by atoms with Gasteiger partial charge in [-0.1, -0.05) is 20.8 Å². The Kier molecular flexibility index (Phi) is 7.95. The predicted octanol–water partition coefficient (Wildman–Crippen LogP) is 2.22. The summed E-state index contributed by atoms with van der Waals surface area (Å²) in [6, 6.07) is 0. The van der Waals surface area contributed by atoms with Crippen LogP contribution in [0.1, 0.15) is 72.1 Å². The monoisotopic (exact) mass is 515 g/mol. The van der Waals surface area contributed by atoms with E-state index in [9.17, 15) is 28.5 Å². The fraction of sp³-hybridized carbons (Fsp3) is 0.962. The second-order valence-corrected chi connectivity index (χ2v) is 14.1. The van der Waals surface area contributed by atoms with Crippen LogP contribution in [0.2, 0.25) is 0 Å². The van der Waals surface area contributed by atoms with Crippen molar-refractivity contribution in [3.8, 4) is 0 Å². The zero-order valence-electron chi connectivity index (χ0n) is 21.3. The second-order valence-electron chi connectivity index (χ2n) is 12.5. The SMILES string of the molecule is C[C@@H]1C[C@@H](O)[C@H](O)C2C[C@H](O)[C@@H]3[C@H](CC[C@]4(C)[C@@H]([C@H](C)CCC(=O)NCCS(=O)(=O)O)CC[C@@H]34)C21. The van der Waals surface area contributed by atoms with E-state index in [2.05, 4.69) is 26.1 Å². The van der Waals surface area contributed by atoms with E-state index in [1.165, 1.54) is 0 Å². The first-order valence-corrected chi connectivity index (χ1v) is 15.2. The molecule has 4 saturated carbocycles. The van der Waals surface area contributed by atoms with E-state index in [0.29, 0.717) is 54.8 Å². The van der Waals surface area contributed by atoms with Gasteiger partial charge in [0, 0.05) is 13.0 Å². The summed E-state index contributed by atoms with van der Waals surface area (Å²) in [6.45, 7) is 6.72. The molecule has 8 nitrogen and oxygen atoms in total. The summed E-state index contributed by atoms with van der Waals surface area (Å²) in [5.41, 5.74) is 0.117. The Balaban J connectivity index is 1.39. The zero-order valence-corrected chi connectivity index (χ0v) is 22.2. The van der Waals surface area contributed by atoms with Crippen LogP contribution < -0.4 is 5.32 Å². The van der Waals surface area contributed by atoms with Crippen LogP contribution in [-0.4, -0.2) is 64.8 Å². The molecular formula is C26H45NO7S. The van der Waals surface area contributed by atoms with Gasteiger partial charge in [0.2, 0.25) is 5.91 Å². The molecule has 4 fully saturated rings. The zero-order chi connectivity index (χ0) is 25.7. The minimum absolute atomic E-state index is 0.0233. The second kappa shape index (κ2) is 10.2. The number of hydrogen-bond donors (Lipinski definition) is 5. The van der Waals surface area contributed by atoms with E-state index in [-0.39, 0.29) is 29.7 Å². The Morgan fingerprint density at radius 2 is 1.77 bits per heavy atom. The first-order valence-electron chi connectivity index (χ1n) is 13.6.